The molecule has 132 valence electrons. The van der Waals surface area contributed by atoms with Gasteiger partial charge in [-0.3, -0.25) is 4.79 Å². The van der Waals surface area contributed by atoms with Crippen molar-refractivity contribution in [3.05, 3.63) is 59.7 Å². The molecule has 25 heavy (non-hydrogen) atoms. The third-order valence-electron chi connectivity index (χ3n) is 3.93. The number of carbonyl (C=O) groups is 1. The molecule has 1 amide bonds. The smallest absolute Gasteiger partial charge is 0.259 e. The zero-order valence-corrected chi connectivity index (χ0v) is 15.1. The second-order valence-corrected chi connectivity index (χ2v) is 5.78. The fourth-order valence-electron chi connectivity index (χ4n) is 2.43. The van der Waals surface area contributed by atoms with Gasteiger partial charge in [0, 0.05) is 24.5 Å². The van der Waals surface area contributed by atoms with Crippen molar-refractivity contribution in [2.45, 2.75) is 20.8 Å². The van der Waals surface area contributed by atoms with E-state index in [0.717, 1.165) is 24.3 Å². The number of hydrogen-bond donors (Lipinski definition) is 2. The lowest BCUT2D eigenvalue weighted by atomic mass is 10.2. The summed E-state index contributed by atoms with van der Waals surface area (Å²) >= 11 is 0. The fourth-order valence-corrected chi connectivity index (χ4v) is 2.43. The van der Waals surface area contributed by atoms with Crippen LogP contribution in [-0.4, -0.2) is 31.8 Å². The van der Waals surface area contributed by atoms with Gasteiger partial charge in [0.1, 0.15) is 0 Å². The molecule has 0 saturated heterocycles. The minimum Gasteiger partial charge on any atom is -0.376 e. The molecule has 0 spiro atoms. The second-order valence-electron chi connectivity index (χ2n) is 5.78. The Morgan fingerprint density at radius 3 is 2.28 bits per heavy atom. The molecule has 0 aliphatic carbocycles. The van der Waals surface area contributed by atoms with E-state index in [2.05, 4.69) is 46.7 Å². The van der Waals surface area contributed by atoms with Gasteiger partial charge in [0.2, 0.25) is 0 Å². The van der Waals surface area contributed by atoms with Crippen molar-refractivity contribution in [3.8, 4) is 0 Å². The predicted octanol–water partition coefficient (Wildman–Crippen LogP) is 3.40. The van der Waals surface area contributed by atoms with E-state index in [9.17, 15) is 4.79 Å². The maximum absolute atomic E-state index is 11.8. The maximum atomic E-state index is 11.8. The van der Waals surface area contributed by atoms with E-state index in [1.54, 1.807) is 6.21 Å². The predicted molar refractivity (Wildman–Crippen MR) is 105 cm³/mol. The van der Waals surface area contributed by atoms with Gasteiger partial charge in [0.15, 0.2) is 0 Å². The number of benzene rings is 2. The lowest BCUT2D eigenvalue weighted by Crippen LogP contribution is -2.25. The number of hydrazone groups is 1. The molecule has 5 heteroatoms. The average molecular weight is 338 g/mol. The largest absolute Gasteiger partial charge is 0.376 e. The van der Waals surface area contributed by atoms with E-state index in [0.29, 0.717) is 0 Å². The van der Waals surface area contributed by atoms with Crippen LogP contribution in [0, 0.1) is 6.92 Å². The molecule has 2 N–H and O–H groups in total. The number of rotatable bonds is 8. The van der Waals surface area contributed by atoms with Crippen LogP contribution in [0.25, 0.3) is 0 Å². The Morgan fingerprint density at radius 2 is 1.68 bits per heavy atom. The van der Waals surface area contributed by atoms with Crippen LogP contribution in [0.15, 0.2) is 53.6 Å². The van der Waals surface area contributed by atoms with Gasteiger partial charge in [-0.15, -0.1) is 0 Å². The van der Waals surface area contributed by atoms with E-state index in [4.69, 9.17) is 0 Å². The molecule has 0 heterocycles. The molecule has 2 rings (SSSR count). The highest BCUT2D eigenvalue weighted by atomic mass is 16.2. The Labute approximate surface area is 149 Å². The zero-order valence-electron chi connectivity index (χ0n) is 15.1. The quantitative estimate of drug-likeness (QED) is 0.573. The summed E-state index contributed by atoms with van der Waals surface area (Å²) < 4.78 is 0. The van der Waals surface area contributed by atoms with Crippen LogP contribution in [0.5, 0.6) is 0 Å². The standard InChI is InChI=1S/C20H26N4O/c1-4-24(5-2)19-12-8-17(9-13-19)14-22-23-20(25)15-21-18-10-6-16(3)7-11-18/h6-14,21H,4-5,15H2,1-3H3,(H,23,25)/b22-14+. The zero-order chi connectivity index (χ0) is 18.1. The third-order valence-corrected chi connectivity index (χ3v) is 3.93. The summed E-state index contributed by atoms with van der Waals surface area (Å²) in [4.78, 5) is 14.1. The number of nitrogens with zero attached hydrogens (tertiary/aromatic N) is 2. The summed E-state index contributed by atoms with van der Waals surface area (Å²) in [5.74, 6) is -0.184. The van der Waals surface area contributed by atoms with Gasteiger partial charge in [-0.25, -0.2) is 5.43 Å². The number of anilines is 2. The molecule has 0 saturated carbocycles. The van der Waals surface area contributed by atoms with Gasteiger partial charge >= 0.3 is 0 Å². The van der Waals surface area contributed by atoms with E-state index in [1.807, 2.05) is 43.3 Å². The number of aryl methyl sites for hydroxylation is 1. The minimum absolute atomic E-state index is 0.182. The number of carbonyl (C=O) groups excluding carboxylic acids is 1. The van der Waals surface area contributed by atoms with E-state index in [1.165, 1.54) is 11.3 Å². The van der Waals surface area contributed by atoms with Crippen molar-refractivity contribution in [2.24, 2.45) is 5.10 Å². The summed E-state index contributed by atoms with van der Waals surface area (Å²) in [6.45, 7) is 8.45. The first-order valence-electron chi connectivity index (χ1n) is 8.59. The van der Waals surface area contributed by atoms with Gasteiger partial charge < -0.3 is 10.2 Å². The molecule has 0 aliphatic heterocycles. The highest BCUT2D eigenvalue weighted by molar-refractivity contribution is 5.84. The molecule has 0 radical (unpaired) electrons. The monoisotopic (exact) mass is 338 g/mol. The maximum Gasteiger partial charge on any atom is 0.259 e. The van der Waals surface area contributed by atoms with E-state index in [-0.39, 0.29) is 12.5 Å². The molecule has 5 nitrogen and oxygen atoms in total. The van der Waals surface area contributed by atoms with Crippen LogP contribution in [0.1, 0.15) is 25.0 Å². The van der Waals surface area contributed by atoms with Gasteiger partial charge in [-0.1, -0.05) is 29.8 Å². The fraction of sp³-hybridized carbons (Fsp3) is 0.300. The Kier molecular flexibility index (Phi) is 7.01. The van der Waals surface area contributed by atoms with E-state index < -0.39 is 0 Å². The molecule has 0 atom stereocenters. The minimum atomic E-state index is -0.184. The van der Waals surface area contributed by atoms with Gasteiger partial charge in [-0.2, -0.15) is 5.10 Å². The molecule has 2 aromatic rings. The molecule has 0 bridgehead atoms. The van der Waals surface area contributed by atoms with Gasteiger partial charge in [0.25, 0.3) is 5.91 Å². The Bertz CT molecular complexity index is 689. The van der Waals surface area contributed by atoms with Crippen LogP contribution < -0.4 is 15.6 Å². The van der Waals surface area contributed by atoms with Crippen LogP contribution in [0.3, 0.4) is 0 Å². The van der Waals surface area contributed by atoms with Crippen molar-refractivity contribution in [1.29, 1.82) is 0 Å². The first kappa shape index (κ1) is 18.5. The lowest BCUT2D eigenvalue weighted by molar-refractivity contribution is -0.119. The Hall–Kier alpha value is -2.82. The molecule has 0 fully saturated rings. The molecular formula is C20H26N4O. The van der Waals surface area contributed by atoms with Gasteiger partial charge in [-0.05, 0) is 50.6 Å². The van der Waals surface area contributed by atoms with Gasteiger partial charge in [0.05, 0.1) is 12.8 Å². The number of hydrogen-bond acceptors (Lipinski definition) is 4. The highest BCUT2D eigenvalue weighted by Gasteiger charge is 2.01. The molecular weight excluding hydrogens is 312 g/mol. The van der Waals surface area contributed by atoms with Crippen molar-refractivity contribution < 1.29 is 4.79 Å². The Balaban J connectivity index is 1.79. The first-order chi connectivity index (χ1) is 12.1. The third kappa shape index (κ3) is 5.95. The molecule has 0 aromatic heterocycles. The van der Waals surface area contributed by atoms with Crippen LogP contribution in [0.4, 0.5) is 11.4 Å². The number of nitrogens with one attached hydrogen (secondary N) is 2. The van der Waals surface area contributed by atoms with Crippen molar-refractivity contribution >= 4 is 23.5 Å². The van der Waals surface area contributed by atoms with Crippen molar-refractivity contribution in [2.75, 3.05) is 29.9 Å². The average Bonchev–Trinajstić information content (AvgIpc) is 2.63. The lowest BCUT2D eigenvalue weighted by Gasteiger charge is -2.20. The molecule has 2 aromatic carbocycles. The normalized spacial score (nSPS) is 10.7. The van der Waals surface area contributed by atoms with Crippen LogP contribution in [-0.2, 0) is 4.79 Å². The summed E-state index contributed by atoms with van der Waals surface area (Å²) in [5, 5.41) is 7.07. The van der Waals surface area contributed by atoms with Crippen LogP contribution in [0.2, 0.25) is 0 Å². The topological polar surface area (TPSA) is 56.7 Å². The highest BCUT2D eigenvalue weighted by Crippen LogP contribution is 2.14. The summed E-state index contributed by atoms with van der Waals surface area (Å²) in [6, 6.07) is 16.0. The van der Waals surface area contributed by atoms with Crippen LogP contribution >= 0.6 is 0 Å². The summed E-state index contributed by atoms with van der Waals surface area (Å²) in [5.41, 5.74) is 6.77. The van der Waals surface area contributed by atoms with Crippen molar-refractivity contribution in [3.63, 3.8) is 0 Å². The molecule has 0 aliphatic rings. The molecule has 0 unspecified atom stereocenters. The summed E-state index contributed by atoms with van der Waals surface area (Å²) in [6.07, 6.45) is 1.65. The second kappa shape index (κ2) is 9.47. The van der Waals surface area contributed by atoms with E-state index >= 15 is 0 Å². The SMILES string of the molecule is CCN(CC)c1ccc(/C=N/NC(=O)CNc2ccc(C)cc2)cc1. The summed E-state index contributed by atoms with van der Waals surface area (Å²) in [7, 11) is 0. The first-order valence-corrected chi connectivity index (χ1v) is 8.59. The Morgan fingerprint density at radius 1 is 1.04 bits per heavy atom. The van der Waals surface area contributed by atoms with Crippen molar-refractivity contribution in [1.82, 2.24) is 5.43 Å². The number of amides is 1.